The molecule has 12 heteroatoms. The van der Waals surface area contributed by atoms with E-state index in [1.54, 1.807) is 7.05 Å². The van der Waals surface area contributed by atoms with Crippen molar-refractivity contribution >= 4 is 34.8 Å². The second-order valence-electron chi connectivity index (χ2n) is 12.6. The molecule has 2 aliphatic rings. The van der Waals surface area contributed by atoms with Crippen LogP contribution in [0.3, 0.4) is 0 Å². The van der Waals surface area contributed by atoms with Crippen LogP contribution in [0, 0.1) is 11.3 Å². The molecule has 0 spiro atoms. The first kappa shape index (κ1) is 35.7. The topological polar surface area (TPSA) is 112 Å². The number of amides is 2. The van der Waals surface area contributed by atoms with Crippen LogP contribution in [-0.2, 0) is 27.0 Å². The minimum atomic E-state index is -1.12. The molecule has 0 saturated carbocycles. The highest BCUT2D eigenvalue weighted by molar-refractivity contribution is 7.82. The Balaban J connectivity index is 1.28. The number of benzene rings is 2. The Labute approximate surface area is 275 Å². The van der Waals surface area contributed by atoms with Gasteiger partial charge in [-0.2, -0.15) is 5.12 Å². The molecule has 0 bridgehead atoms. The van der Waals surface area contributed by atoms with Crippen LogP contribution in [0.25, 0.3) is 0 Å². The quantitative estimate of drug-likeness (QED) is 0.123. The molecule has 0 radical (unpaired) electrons. The molecule has 4 rings (SSSR count). The fraction of sp³-hybridized carbons (Fsp3) is 0.559. The average Bonchev–Trinajstić information content (AvgIpc) is 3.08. The maximum absolute atomic E-state index is 13.3. The van der Waals surface area contributed by atoms with Gasteiger partial charge in [-0.05, 0) is 99.5 Å². The van der Waals surface area contributed by atoms with Gasteiger partial charge in [0.1, 0.15) is 16.8 Å². The van der Waals surface area contributed by atoms with Gasteiger partial charge in [0.15, 0.2) is 0 Å². The first-order valence-corrected chi connectivity index (χ1v) is 17.4. The van der Waals surface area contributed by atoms with Gasteiger partial charge in [0.05, 0.1) is 4.90 Å². The number of halogens is 1. The lowest BCUT2D eigenvalue weighted by Gasteiger charge is -2.34. The molecule has 2 atom stereocenters. The number of likely N-dealkylation sites (tertiary alicyclic amines) is 1. The normalized spacial score (nSPS) is 18.1. The number of carbonyl (C=O) groups excluding carboxylic acids is 2. The summed E-state index contributed by atoms with van der Waals surface area (Å²) in [4.78, 5) is 27.9. The van der Waals surface area contributed by atoms with Crippen molar-refractivity contribution in [1.29, 1.82) is 5.41 Å². The zero-order valence-electron chi connectivity index (χ0n) is 27.6. The molecule has 2 fully saturated rings. The molecule has 2 aromatic rings. The molecular weight excluding hydrogens is 605 g/mol. The maximum atomic E-state index is 13.3. The van der Waals surface area contributed by atoms with Crippen LogP contribution >= 0.6 is 0 Å². The average molecular weight is 656 g/mol. The highest BCUT2D eigenvalue weighted by Crippen LogP contribution is 2.32. The van der Waals surface area contributed by atoms with Crippen LogP contribution < -0.4 is 10.6 Å². The van der Waals surface area contributed by atoms with Gasteiger partial charge in [-0.3, -0.25) is 19.9 Å². The van der Waals surface area contributed by atoms with Gasteiger partial charge in [-0.15, -0.1) is 0 Å². The molecule has 252 valence electrons. The molecule has 2 aliphatic heterocycles. The number of nitrogens with zero attached hydrogens (tertiary/aromatic N) is 4. The van der Waals surface area contributed by atoms with Crippen molar-refractivity contribution in [2.24, 2.45) is 5.92 Å². The maximum Gasteiger partial charge on any atom is 0.251 e. The molecule has 2 heterocycles. The number of hydrogen-bond acceptors (Lipinski definition) is 7. The van der Waals surface area contributed by atoms with E-state index in [9.17, 15) is 18.3 Å². The minimum Gasteiger partial charge on any atom is -0.388 e. The van der Waals surface area contributed by atoms with Crippen LogP contribution in [0.15, 0.2) is 47.4 Å². The summed E-state index contributed by atoms with van der Waals surface area (Å²) in [6, 6.07) is 14.7. The third kappa shape index (κ3) is 9.43. The predicted octanol–water partition coefficient (Wildman–Crippen LogP) is 4.01. The molecule has 0 aromatic heterocycles. The van der Waals surface area contributed by atoms with E-state index in [0.29, 0.717) is 29.9 Å². The number of hydrogen-bond donors (Lipinski definition) is 3. The molecule has 2 unspecified atom stereocenters. The van der Waals surface area contributed by atoms with Crippen LogP contribution in [0.1, 0.15) is 61.6 Å². The molecule has 2 aromatic carbocycles. The van der Waals surface area contributed by atoms with E-state index in [4.69, 9.17) is 5.41 Å². The Kier molecular flexibility index (Phi) is 13.3. The minimum absolute atomic E-state index is 0.00807. The number of rotatable bonds is 14. The fourth-order valence-corrected chi connectivity index (χ4v) is 7.86. The van der Waals surface area contributed by atoms with Crippen LogP contribution in [0.5, 0.6) is 0 Å². The van der Waals surface area contributed by atoms with Crippen LogP contribution in [0.4, 0.5) is 10.2 Å². The van der Waals surface area contributed by atoms with Gasteiger partial charge in [-0.1, -0.05) is 29.6 Å². The van der Waals surface area contributed by atoms with E-state index in [0.717, 1.165) is 87.4 Å². The number of piperidine rings is 2. The van der Waals surface area contributed by atoms with E-state index in [1.165, 1.54) is 11.1 Å². The van der Waals surface area contributed by atoms with Crippen molar-refractivity contribution < 1.29 is 18.3 Å². The summed E-state index contributed by atoms with van der Waals surface area (Å²) in [5.74, 6) is 0.0822. The summed E-state index contributed by atoms with van der Waals surface area (Å²) in [7, 11) is 3.68. The Morgan fingerprint density at radius 2 is 1.83 bits per heavy atom. The Morgan fingerprint density at radius 1 is 1.11 bits per heavy atom. The summed E-state index contributed by atoms with van der Waals surface area (Å²) < 4.78 is 28.4. The molecule has 2 saturated heterocycles. The van der Waals surface area contributed by atoms with Gasteiger partial charge in [0, 0.05) is 64.0 Å². The summed E-state index contributed by atoms with van der Waals surface area (Å²) in [6.07, 6.45) is 5.35. The van der Waals surface area contributed by atoms with Crippen molar-refractivity contribution in [1.82, 2.24) is 24.5 Å². The first-order chi connectivity index (χ1) is 22.1. The monoisotopic (exact) mass is 655 g/mol. The Morgan fingerprint density at radius 3 is 2.46 bits per heavy atom. The van der Waals surface area contributed by atoms with Gasteiger partial charge in [-0.25, -0.2) is 8.51 Å². The smallest absolute Gasteiger partial charge is 0.251 e. The Bertz CT molecular complexity index is 1360. The van der Waals surface area contributed by atoms with Crippen LogP contribution in [-0.4, -0.2) is 108 Å². The number of anilines is 1. The molecular formula is C34H50FN7O3S. The largest absolute Gasteiger partial charge is 0.388 e. The van der Waals surface area contributed by atoms with Gasteiger partial charge in [0.25, 0.3) is 5.91 Å². The lowest BCUT2D eigenvalue weighted by molar-refractivity contribution is -0.143. The Hall–Kier alpha value is -3.19. The zero-order valence-corrected chi connectivity index (χ0v) is 28.5. The van der Waals surface area contributed by atoms with E-state index < -0.39 is 16.9 Å². The molecule has 2 amide bonds. The molecule has 46 heavy (non-hydrogen) atoms. The number of amidine groups is 1. The highest BCUT2D eigenvalue weighted by atomic mass is 32.2. The van der Waals surface area contributed by atoms with Gasteiger partial charge >= 0.3 is 0 Å². The summed E-state index contributed by atoms with van der Waals surface area (Å²) >= 11 is 0. The number of carbonyl (C=O) groups is 2. The molecule has 3 N–H and O–H groups in total. The lowest BCUT2D eigenvalue weighted by Crippen LogP contribution is -2.41. The second-order valence-corrected chi connectivity index (χ2v) is 14.1. The van der Waals surface area contributed by atoms with Crippen LogP contribution in [0.2, 0.25) is 0 Å². The van der Waals surface area contributed by atoms with E-state index in [1.807, 2.05) is 31.3 Å². The van der Waals surface area contributed by atoms with Crippen molar-refractivity contribution in [3.63, 3.8) is 0 Å². The standard InChI is InChI=1S/C34H50FN7O3S/c1-25(20-26-6-5-7-30(21-26)46(45)42-18-12-29(37-2)13-19-42)23-40-15-10-27(11-16-40)28-8-9-31(32(22-28)38-3)34(36)41(24-43)17-14-33(44)39(4)35/h5-9,21-22,24-25,27,29,36-38H,10-20,23H2,1-4H3. The SMILES string of the molecule is CNc1cc(C2CCN(CC(C)Cc3cccc(S(=O)N4CCC(NC)CC4)c3)CC2)ccc1C(=N)N(C=O)CCC(=O)N(C)F. The third-order valence-electron chi connectivity index (χ3n) is 9.30. The first-order valence-electron chi connectivity index (χ1n) is 16.3. The van der Waals surface area contributed by atoms with E-state index >= 15 is 0 Å². The van der Waals surface area contributed by atoms with Gasteiger partial charge < -0.3 is 15.5 Å². The predicted molar refractivity (Wildman–Crippen MR) is 182 cm³/mol. The summed E-state index contributed by atoms with van der Waals surface area (Å²) in [5, 5.41) is 15.1. The van der Waals surface area contributed by atoms with E-state index in [2.05, 4.69) is 45.0 Å². The number of nitrogens with one attached hydrogen (secondary N) is 3. The van der Waals surface area contributed by atoms with Crippen molar-refractivity contribution in [3.8, 4) is 0 Å². The van der Waals surface area contributed by atoms with Gasteiger partial charge in [0.2, 0.25) is 6.41 Å². The van der Waals surface area contributed by atoms with Crippen molar-refractivity contribution in [2.45, 2.75) is 62.3 Å². The second kappa shape index (κ2) is 17.1. The summed E-state index contributed by atoms with van der Waals surface area (Å²) in [5.41, 5.74) is 3.72. The molecule has 10 nitrogen and oxygen atoms in total. The highest BCUT2D eigenvalue weighted by Gasteiger charge is 2.25. The third-order valence-corrected chi connectivity index (χ3v) is 10.8. The fourth-order valence-electron chi connectivity index (χ4n) is 6.57. The lowest BCUT2D eigenvalue weighted by atomic mass is 9.87. The van der Waals surface area contributed by atoms with Crippen molar-refractivity contribution in [3.05, 3.63) is 59.2 Å². The zero-order chi connectivity index (χ0) is 33.2. The molecule has 0 aliphatic carbocycles. The van der Waals surface area contributed by atoms with E-state index in [-0.39, 0.29) is 23.9 Å². The summed E-state index contributed by atoms with van der Waals surface area (Å²) in [6.45, 7) is 6.94. The van der Waals surface area contributed by atoms with Crippen molar-refractivity contribution in [2.75, 3.05) is 65.7 Å².